The fourth-order valence-electron chi connectivity index (χ4n) is 1.84. The van der Waals surface area contributed by atoms with Crippen molar-refractivity contribution in [3.8, 4) is 11.5 Å². The van der Waals surface area contributed by atoms with Crippen LogP contribution >= 0.6 is 15.9 Å². The first-order chi connectivity index (χ1) is 10.0. The molecule has 0 aromatic heterocycles. The number of halogens is 1. The molecule has 1 amide bonds. The van der Waals surface area contributed by atoms with Gasteiger partial charge in [0.25, 0.3) is 0 Å². The van der Waals surface area contributed by atoms with Gasteiger partial charge in [0.1, 0.15) is 0 Å². The zero-order valence-corrected chi connectivity index (χ0v) is 14.5. The molecule has 0 saturated heterocycles. The third-order valence-electron chi connectivity index (χ3n) is 3.05. The van der Waals surface area contributed by atoms with E-state index in [1.165, 1.54) is 0 Å². The summed E-state index contributed by atoms with van der Waals surface area (Å²) in [6.07, 6.45) is 0.932. The molecule has 118 valence electrons. The summed E-state index contributed by atoms with van der Waals surface area (Å²) in [6, 6.07) is 3.60. The number of methoxy groups -OCH3 is 2. The van der Waals surface area contributed by atoms with Crippen LogP contribution in [0.2, 0.25) is 0 Å². The quantitative estimate of drug-likeness (QED) is 0.749. The number of hydrogen-bond acceptors (Lipinski definition) is 4. The Balaban J connectivity index is 2.67. The number of amides is 1. The lowest BCUT2D eigenvalue weighted by Crippen LogP contribution is -2.42. The molecule has 0 spiro atoms. The summed E-state index contributed by atoms with van der Waals surface area (Å²) >= 11 is 3.46. The van der Waals surface area contributed by atoms with Crippen molar-refractivity contribution in [3.63, 3.8) is 0 Å². The Morgan fingerprint density at radius 3 is 2.62 bits per heavy atom. The topological polar surface area (TPSA) is 59.6 Å². The molecule has 0 aliphatic carbocycles. The Morgan fingerprint density at radius 1 is 1.33 bits per heavy atom. The minimum atomic E-state index is -0.247. The molecular formula is C15H23BrN2O3. The number of carbonyl (C=O) groups excluding carboxylic acids is 1. The molecule has 0 saturated carbocycles. The summed E-state index contributed by atoms with van der Waals surface area (Å²) in [5.41, 5.74) is 1.01. The van der Waals surface area contributed by atoms with Gasteiger partial charge in [-0.1, -0.05) is 6.92 Å². The molecule has 1 aromatic rings. The second kappa shape index (κ2) is 8.89. The molecular weight excluding hydrogens is 336 g/mol. The lowest BCUT2D eigenvalue weighted by Gasteiger charge is -2.15. The van der Waals surface area contributed by atoms with Crippen LogP contribution in [0.1, 0.15) is 25.8 Å². The van der Waals surface area contributed by atoms with Crippen LogP contribution in [0, 0.1) is 0 Å². The number of hydrogen-bond donors (Lipinski definition) is 2. The molecule has 0 radical (unpaired) electrons. The monoisotopic (exact) mass is 358 g/mol. The van der Waals surface area contributed by atoms with E-state index in [1.807, 2.05) is 26.0 Å². The van der Waals surface area contributed by atoms with Crippen LogP contribution in [-0.4, -0.2) is 32.7 Å². The molecule has 1 rings (SSSR count). The van der Waals surface area contributed by atoms with Crippen LogP contribution in [0.4, 0.5) is 0 Å². The van der Waals surface area contributed by atoms with E-state index in [1.54, 1.807) is 14.2 Å². The molecule has 1 aromatic carbocycles. The second-order valence-corrected chi connectivity index (χ2v) is 5.56. The van der Waals surface area contributed by atoms with E-state index >= 15 is 0 Å². The first kappa shape index (κ1) is 17.8. The SMILES string of the molecule is CCCNC(=O)C(C)NCc1cc(Br)c(OC)c(OC)c1. The highest BCUT2D eigenvalue weighted by atomic mass is 79.9. The summed E-state index contributed by atoms with van der Waals surface area (Å²) in [5.74, 6) is 1.33. The van der Waals surface area contributed by atoms with Gasteiger partial charge in [-0.25, -0.2) is 0 Å². The Morgan fingerprint density at radius 2 is 2.05 bits per heavy atom. The van der Waals surface area contributed by atoms with E-state index in [4.69, 9.17) is 9.47 Å². The average Bonchev–Trinajstić information content (AvgIpc) is 2.49. The van der Waals surface area contributed by atoms with Crippen molar-refractivity contribution in [2.75, 3.05) is 20.8 Å². The highest BCUT2D eigenvalue weighted by Crippen LogP contribution is 2.36. The van der Waals surface area contributed by atoms with Crippen molar-refractivity contribution in [3.05, 3.63) is 22.2 Å². The second-order valence-electron chi connectivity index (χ2n) is 4.71. The minimum absolute atomic E-state index is 0.0105. The number of carbonyl (C=O) groups is 1. The summed E-state index contributed by atoms with van der Waals surface area (Å²) in [5, 5.41) is 6.06. The van der Waals surface area contributed by atoms with Crippen LogP contribution in [0.15, 0.2) is 16.6 Å². The van der Waals surface area contributed by atoms with E-state index in [2.05, 4.69) is 26.6 Å². The standard InChI is InChI=1S/C15H23BrN2O3/c1-5-6-17-15(19)10(2)18-9-11-7-12(16)14(21-4)13(8-11)20-3/h7-8,10,18H,5-6,9H2,1-4H3,(H,17,19). The number of nitrogens with one attached hydrogen (secondary N) is 2. The molecule has 21 heavy (non-hydrogen) atoms. The van der Waals surface area contributed by atoms with E-state index < -0.39 is 0 Å². The van der Waals surface area contributed by atoms with Gasteiger partial charge in [-0.15, -0.1) is 0 Å². The van der Waals surface area contributed by atoms with Crippen molar-refractivity contribution < 1.29 is 14.3 Å². The number of benzene rings is 1. The van der Waals surface area contributed by atoms with E-state index in [0.717, 1.165) is 16.5 Å². The Labute approximate surface area is 134 Å². The van der Waals surface area contributed by atoms with E-state index in [9.17, 15) is 4.79 Å². The molecule has 6 heteroatoms. The van der Waals surface area contributed by atoms with Gasteiger partial charge < -0.3 is 20.1 Å². The van der Waals surface area contributed by atoms with E-state index in [0.29, 0.717) is 24.6 Å². The highest BCUT2D eigenvalue weighted by Gasteiger charge is 2.13. The number of ether oxygens (including phenoxy) is 2. The largest absolute Gasteiger partial charge is 0.493 e. The summed E-state index contributed by atoms with van der Waals surface area (Å²) in [4.78, 5) is 11.8. The van der Waals surface area contributed by atoms with Crippen LogP contribution < -0.4 is 20.1 Å². The Kier molecular flexibility index (Phi) is 7.53. The van der Waals surface area contributed by atoms with Gasteiger partial charge in [0.2, 0.25) is 5.91 Å². The molecule has 0 heterocycles. The average molecular weight is 359 g/mol. The van der Waals surface area contributed by atoms with E-state index in [-0.39, 0.29) is 11.9 Å². The molecule has 0 bridgehead atoms. The molecule has 5 nitrogen and oxygen atoms in total. The maximum absolute atomic E-state index is 11.8. The van der Waals surface area contributed by atoms with Gasteiger partial charge >= 0.3 is 0 Å². The molecule has 1 atom stereocenters. The normalized spacial score (nSPS) is 11.9. The molecule has 1 unspecified atom stereocenters. The van der Waals surface area contributed by atoms with Gasteiger partial charge in [-0.3, -0.25) is 4.79 Å². The predicted molar refractivity (Wildman–Crippen MR) is 86.8 cm³/mol. The summed E-state index contributed by atoms with van der Waals surface area (Å²) in [7, 11) is 3.20. The van der Waals surface area contributed by atoms with Gasteiger partial charge in [-0.2, -0.15) is 0 Å². The first-order valence-corrected chi connectivity index (χ1v) is 7.74. The molecule has 2 N–H and O–H groups in total. The first-order valence-electron chi connectivity index (χ1n) is 6.95. The Hall–Kier alpha value is -1.27. The van der Waals surface area contributed by atoms with Crippen molar-refractivity contribution >= 4 is 21.8 Å². The van der Waals surface area contributed by atoms with Crippen LogP contribution in [0.5, 0.6) is 11.5 Å². The third kappa shape index (κ3) is 5.21. The van der Waals surface area contributed by atoms with Gasteiger partial charge in [0, 0.05) is 13.1 Å². The maximum Gasteiger partial charge on any atom is 0.236 e. The van der Waals surface area contributed by atoms with Crippen molar-refractivity contribution in [1.82, 2.24) is 10.6 Å². The third-order valence-corrected chi connectivity index (χ3v) is 3.64. The predicted octanol–water partition coefficient (Wildman–Crippen LogP) is 2.47. The van der Waals surface area contributed by atoms with Crippen molar-refractivity contribution in [2.24, 2.45) is 0 Å². The fourth-order valence-corrected chi connectivity index (χ4v) is 2.49. The van der Waals surface area contributed by atoms with Crippen molar-refractivity contribution in [1.29, 1.82) is 0 Å². The maximum atomic E-state index is 11.8. The smallest absolute Gasteiger partial charge is 0.236 e. The lowest BCUT2D eigenvalue weighted by atomic mass is 10.2. The van der Waals surface area contributed by atoms with Gasteiger partial charge in [0.05, 0.1) is 24.7 Å². The molecule has 0 fully saturated rings. The number of rotatable bonds is 8. The van der Waals surface area contributed by atoms with Crippen LogP contribution in [0.25, 0.3) is 0 Å². The van der Waals surface area contributed by atoms with Crippen LogP contribution in [-0.2, 0) is 11.3 Å². The fraction of sp³-hybridized carbons (Fsp3) is 0.533. The summed E-state index contributed by atoms with van der Waals surface area (Å²) in [6.45, 7) is 5.15. The zero-order valence-electron chi connectivity index (χ0n) is 13.0. The van der Waals surface area contributed by atoms with Crippen molar-refractivity contribution in [2.45, 2.75) is 32.9 Å². The minimum Gasteiger partial charge on any atom is -0.493 e. The van der Waals surface area contributed by atoms with Gasteiger partial charge in [0.15, 0.2) is 11.5 Å². The highest BCUT2D eigenvalue weighted by molar-refractivity contribution is 9.10. The molecule has 0 aliphatic rings. The molecule has 0 aliphatic heterocycles. The zero-order chi connectivity index (χ0) is 15.8. The summed E-state index contributed by atoms with van der Waals surface area (Å²) < 4.78 is 11.4. The van der Waals surface area contributed by atoms with Crippen LogP contribution in [0.3, 0.4) is 0 Å². The Bertz CT molecular complexity index is 480. The van der Waals surface area contributed by atoms with Gasteiger partial charge in [-0.05, 0) is 47.0 Å². The lowest BCUT2D eigenvalue weighted by molar-refractivity contribution is -0.122.